The fourth-order valence-corrected chi connectivity index (χ4v) is 4.67. The zero-order chi connectivity index (χ0) is 25.0. The summed E-state index contributed by atoms with van der Waals surface area (Å²) in [5.74, 6) is 0.861. The second-order valence-electron chi connectivity index (χ2n) is 8.73. The number of nitrogens with one attached hydrogen (secondary N) is 2. The van der Waals surface area contributed by atoms with Crippen molar-refractivity contribution in [2.75, 3.05) is 14.2 Å². The van der Waals surface area contributed by atoms with Crippen LogP contribution < -0.4 is 24.8 Å². The highest BCUT2D eigenvalue weighted by atomic mass is 32.1. The number of hydrogen-bond donors (Lipinski definition) is 2. The molecule has 0 bridgehead atoms. The van der Waals surface area contributed by atoms with E-state index in [4.69, 9.17) is 14.2 Å². The van der Waals surface area contributed by atoms with E-state index in [1.165, 1.54) is 25.6 Å². The van der Waals surface area contributed by atoms with Crippen LogP contribution in [-0.2, 0) is 4.79 Å². The first-order valence-corrected chi connectivity index (χ1v) is 12.0. The van der Waals surface area contributed by atoms with E-state index in [9.17, 15) is 9.59 Å². The molecule has 0 spiro atoms. The summed E-state index contributed by atoms with van der Waals surface area (Å²) in [5, 5.41) is 7.79. The van der Waals surface area contributed by atoms with Crippen molar-refractivity contribution in [3.63, 3.8) is 0 Å². The van der Waals surface area contributed by atoms with Crippen LogP contribution in [0.2, 0.25) is 0 Å². The quantitative estimate of drug-likeness (QED) is 0.456. The minimum absolute atomic E-state index is 0.147. The van der Waals surface area contributed by atoms with Gasteiger partial charge >= 0.3 is 0 Å². The number of carbonyl (C=O) groups is 2. The standard InChI is InChI=1S/C27H28N2O5S/c1-27(2)16-21(19-9-5-6-10-22(19)34-27)29-26(31)20(15-18-8-7-13-35-18)28-25(30)17-11-12-23(32-3)24(14-17)33-4/h5-15,21H,16H2,1-4H3,(H,28,30)(H,29,31)/b20-15-/t21-/m0/s1. The molecule has 1 aromatic heterocycles. The Kier molecular flexibility index (Phi) is 7.12. The smallest absolute Gasteiger partial charge is 0.268 e. The molecular weight excluding hydrogens is 464 g/mol. The fraction of sp³-hybridized carbons (Fsp3) is 0.259. The monoisotopic (exact) mass is 492 g/mol. The molecule has 1 atom stereocenters. The molecule has 3 aromatic rings. The fourth-order valence-electron chi connectivity index (χ4n) is 4.01. The summed E-state index contributed by atoms with van der Waals surface area (Å²) >= 11 is 1.47. The van der Waals surface area contributed by atoms with E-state index in [0.29, 0.717) is 23.5 Å². The van der Waals surface area contributed by atoms with Gasteiger partial charge in [-0.05, 0) is 55.6 Å². The van der Waals surface area contributed by atoms with E-state index in [2.05, 4.69) is 10.6 Å². The maximum atomic E-state index is 13.5. The van der Waals surface area contributed by atoms with E-state index in [-0.39, 0.29) is 17.6 Å². The Morgan fingerprint density at radius 1 is 1.06 bits per heavy atom. The van der Waals surface area contributed by atoms with Gasteiger partial charge in [-0.25, -0.2) is 0 Å². The number of rotatable bonds is 7. The van der Waals surface area contributed by atoms with Gasteiger partial charge in [0, 0.05) is 22.4 Å². The van der Waals surface area contributed by atoms with Crippen LogP contribution >= 0.6 is 11.3 Å². The lowest BCUT2D eigenvalue weighted by Gasteiger charge is -2.38. The van der Waals surface area contributed by atoms with E-state index < -0.39 is 11.5 Å². The van der Waals surface area contributed by atoms with E-state index in [1.54, 1.807) is 24.3 Å². The minimum Gasteiger partial charge on any atom is -0.493 e. The highest BCUT2D eigenvalue weighted by Gasteiger charge is 2.35. The van der Waals surface area contributed by atoms with Crippen molar-refractivity contribution in [1.29, 1.82) is 0 Å². The average Bonchev–Trinajstić information content (AvgIpc) is 3.35. The van der Waals surface area contributed by atoms with Gasteiger partial charge in [0.15, 0.2) is 11.5 Å². The van der Waals surface area contributed by atoms with Gasteiger partial charge in [-0.3, -0.25) is 9.59 Å². The Bertz CT molecular complexity index is 1250. The number of carbonyl (C=O) groups excluding carboxylic acids is 2. The molecule has 2 heterocycles. The zero-order valence-corrected chi connectivity index (χ0v) is 20.9. The third kappa shape index (κ3) is 5.66. The third-order valence-corrected chi connectivity index (χ3v) is 6.47. The van der Waals surface area contributed by atoms with Crippen LogP contribution in [0, 0.1) is 0 Å². The van der Waals surface area contributed by atoms with Crippen molar-refractivity contribution in [2.45, 2.75) is 31.9 Å². The first kappa shape index (κ1) is 24.3. The van der Waals surface area contributed by atoms with Crippen LogP contribution in [0.3, 0.4) is 0 Å². The molecule has 2 aromatic carbocycles. The largest absolute Gasteiger partial charge is 0.493 e. The molecule has 182 valence electrons. The molecule has 0 saturated carbocycles. The summed E-state index contributed by atoms with van der Waals surface area (Å²) in [5.41, 5.74) is 0.938. The molecule has 0 saturated heterocycles. The molecule has 7 nitrogen and oxygen atoms in total. The minimum atomic E-state index is -0.452. The van der Waals surface area contributed by atoms with Gasteiger partial charge in [0.2, 0.25) is 0 Å². The van der Waals surface area contributed by atoms with E-state index in [1.807, 2.05) is 55.6 Å². The lowest BCUT2D eigenvalue weighted by molar-refractivity contribution is -0.119. The molecule has 2 amide bonds. The summed E-state index contributed by atoms with van der Waals surface area (Å²) in [6.45, 7) is 3.98. The molecular formula is C27H28N2O5S. The van der Waals surface area contributed by atoms with Crippen molar-refractivity contribution in [2.24, 2.45) is 0 Å². The second kappa shape index (κ2) is 10.2. The topological polar surface area (TPSA) is 85.9 Å². The number of amides is 2. The maximum absolute atomic E-state index is 13.5. The van der Waals surface area contributed by atoms with Gasteiger partial charge in [0.1, 0.15) is 17.0 Å². The molecule has 4 rings (SSSR count). The Hall–Kier alpha value is -3.78. The Balaban J connectivity index is 1.60. The molecule has 0 radical (unpaired) electrons. The molecule has 0 aliphatic carbocycles. The van der Waals surface area contributed by atoms with Gasteiger partial charge in [-0.2, -0.15) is 0 Å². The molecule has 2 N–H and O–H groups in total. The molecule has 8 heteroatoms. The van der Waals surface area contributed by atoms with Crippen molar-refractivity contribution in [1.82, 2.24) is 10.6 Å². The second-order valence-corrected chi connectivity index (χ2v) is 9.71. The van der Waals surface area contributed by atoms with Gasteiger partial charge in [0.05, 0.1) is 20.3 Å². The maximum Gasteiger partial charge on any atom is 0.268 e. The van der Waals surface area contributed by atoms with E-state index >= 15 is 0 Å². The van der Waals surface area contributed by atoms with E-state index in [0.717, 1.165) is 16.2 Å². The summed E-state index contributed by atoms with van der Waals surface area (Å²) in [6.07, 6.45) is 2.26. The molecule has 1 aliphatic heterocycles. The predicted octanol–water partition coefficient (Wildman–Crippen LogP) is 4.95. The van der Waals surface area contributed by atoms with Gasteiger partial charge < -0.3 is 24.8 Å². The highest BCUT2D eigenvalue weighted by molar-refractivity contribution is 7.10. The zero-order valence-electron chi connectivity index (χ0n) is 20.1. The van der Waals surface area contributed by atoms with Crippen LogP contribution in [0.1, 0.15) is 47.1 Å². The van der Waals surface area contributed by atoms with Crippen LogP contribution in [0.25, 0.3) is 6.08 Å². The van der Waals surface area contributed by atoms with Crippen LogP contribution in [0.5, 0.6) is 17.2 Å². The van der Waals surface area contributed by atoms with Crippen LogP contribution in [0.15, 0.2) is 65.7 Å². The Morgan fingerprint density at radius 3 is 2.54 bits per heavy atom. The van der Waals surface area contributed by atoms with Crippen LogP contribution in [0.4, 0.5) is 0 Å². The number of benzene rings is 2. The molecule has 35 heavy (non-hydrogen) atoms. The number of ether oxygens (including phenoxy) is 3. The summed E-state index contributed by atoms with van der Waals surface area (Å²) < 4.78 is 16.6. The Labute approximate surface area is 208 Å². The summed E-state index contributed by atoms with van der Waals surface area (Å²) in [4.78, 5) is 27.4. The number of thiophene rings is 1. The number of para-hydroxylation sites is 1. The highest BCUT2D eigenvalue weighted by Crippen LogP contribution is 2.39. The lowest BCUT2D eigenvalue weighted by atomic mass is 9.89. The summed E-state index contributed by atoms with van der Waals surface area (Å²) in [6, 6.07) is 16.0. The van der Waals surface area contributed by atoms with Gasteiger partial charge in [0.25, 0.3) is 11.8 Å². The van der Waals surface area contributed by atoms with Crippen molar-refractivity contribution >= 4 is 29.2 Å². The number of hydrogen-bond acceptors (Lipinski definition) is 6. The first-order valence-electron chi connectivity index (χ1n) is 11.2. The number of methoxy groups -OCH3 is 2. The summed E-state index contributed by atoms with van der Waals surface area (Å²) in [7, 11) is 3.03. The third-order valence-electron chi connectivity index (χ3n) is 5.65. The number of fused-ring (bicyclic) bond motifs is 1. The molecule has 0 fully saturated rings. The van der Waals surface area contributed by atoms with Gasteiger partial charge in [-0.1, -0.05) is 24.3 Å². The first-order chi connectivity index (χ1) is 16.8. The van der Waals surface area contributed by atoms with Crippen LogP contribution in [-0.4, -0.2) is 31.6 Å². The normalized spacial score (nSPS) is 16.5. The molecule has 1 aliphatic rings. The molecule has 0 unspecified atom stereocenters. The van der Waals surface area contributed by atoms with Crippen molar-refractivity contribution in [3.8, 4) is 17.2 Å². The van der Waals surface area contributed by atoms with Gasteiger partial charge in [-0.15, -0.1) is 11.3 Å². The van der Waals surface area contributed by atoms with Crippen molar-refractivity contribution in [3.05, 3.63) is 81.7 Å². The lowest BCUT2D eigenvalue weighted by Crippen LogP contribution is -2.43. The van der Waals surface area contributed by atoms with Crippen molar-refractivity contribution < 1.29 is 23.8 Å². The Morgan fingerprint density at radius 2 is 1.83 bits per heavy atom. The predicted molar refractivity (Wildman–Crippen MR) is 136 cm³/mol. The SMILES string of the molecule is COc1ccc(C(=O)N/C(=C\c2cccs2)C(=O)N[C@H]2CC(C)(C)Oc3ccccc32)cc1OC. The average molecular weight is 493 g/mol.